The second-order valence-corrected chi connectivity index (χ2v) is 12.6. The molecule has 0 N–H and O–H groups in total. The highest BCUT2D eigenvalue weighted by Crippen LogP contribution is 2.73. The molecule has 3 fully saturated rings. The third-order valence-electron chi connectivity index (χ3n) is 11.0. The molecule has 0 saturated heterocycles. The number of allylic oxidation sites excluding steroid dienone is 1. The highest BCUT2D eigenvalue weighted by molar-refractivity contribution is 5.91. The standard InChI is InChI=1S/C28H46O/c1-19(2)8-7-9-20(3)23-13-16-28(6)25-11-10-21-18-22(29)12-15-26(21,4)24(25)14-17-27(23,28)5/h18-20,23-25H,7-17H2,1-6H3/t20-,23-,24+,25-,26+,27-,28+/m1/s1. The van der Waals surface area contributed by atoms with Crippen molar-refractivity contribution in [2.24, 2.45) is 45.8 Å². The van der Waals surface area contributed by atoms with E-state index < -0.39 is 0 Å². The molecule has 1 nitrogen and oxygen atoms in total. The van der Waals surface area contributed by atoms with Gasteiger partial charge in [0.1, 0.15) is 0 Å². The van der Waals surface area contributed by atoms with Crippen LogP contribution in [0.3, 0.4) is 0 Å². The van der Waals surface area contributed by atoms with Crippen molar-refractivity contribution >= 4 is 5.78 Å². The van der Waals surface area contributed by atoms with Crippen molar-refractivity contribution in [1.29, 1.82) is 0 Å². The SMILES string of the molecule is CC(C)CCC[C@@H](C)[C@H]1CC[C@@]2(C)[C@@H]3CCC4=CC(=O)CC[C@]4(C)[C@H]3CC[C@]12C. The van der Waals surface area contributed by atoms with E-state index in [1.165, 1.54) is 63.4 Å². The van der Waals surface area contributed by atoms with Gasteiger partial charge in [-0.3, -0.25) is 4.79 Å². The van der Waals surface area contributed by atoms with E-state index in [9.17, 15) is 4.79 Å². The molecule has 29 heavy (non-hydrogen) atoms. The molecule has 0 aromatic carbocycles. The van der Waals surface area contributed by atoms with Crippen LogP contribution in [0.4, 0.5) is 0 Å². The highest BCUT2D eigenvalue weighted by Gasteiger charge is 2.65. The molecule has 0 amide bonds. The van der Waals surface area contributed by atoms with Crippen molar-refractivity contribution < 1.29 is 4.79 Å². The fraction of sp³-hybridized carbons (Fsp3) is 0.893. The molecule has 0 aromatic rings. The minimum atomic E-state index is 0.308. The van der Waals surface area contributed by atoms with Gasteiger partial charge in [-0.25, -0.2) is 0 Å². The topological polar surface area (TPSA) is 17.1 Å². The maximum Gasteiger partial charge on any atom is 0.155 e. The van der Waals surface area contributed by atoms with Crippen LogP contribution in [0.25, 0.3) is 0 Å². The van der Waals surface area contributed by atoms with E-state index in [1.54, 1.807) is 0 Å². The Hall–Kier alpha value is -0.590. The summed E-state index contributed by atoms with van der Waals surface area (Å²) in [4.78, 5) is 12.1. The summed E-state index contributed by atoms with van der Waals surface area (Å²) in [5.74, 6) is 4.69. The third-order valence-corrected chi connectivity index (χ3v) is 11.0. The molecule has 0 radical (unpaired) electrons. The van der Waals surface area contributed by atoms with Crippen LogP contribution < -0.4 is 0 Å². The molecule has 0 spiro atoms. The molecular formula is C28H46O. The average molecular weight is 399 g/mol. The fourth-order valence-corrected chi connectivity index (χ4v) is 8.97. The Bertz CT molecular complexity index is 674. The zero-order valence-corrected chi connectivity index (χ0v) is 20.2. The van der Waals surface area contributed by atoms with E-state index in [-0.39, 0.29) is 0 Å². The van der Waals surface area contributed by atoms with E-state index in [4.69, 9.17) is 0 Å². The summed E-state index contributed by atoms with van der Waals surface area (Å²) < 4.78 is 0. The van der Waals surface area contributed by atoms with Crippen LogP contribution in [0.2, 0.25) is 0 Å². The van der Waals surface area contributed by atoms with Gasteiger partial charge in [0.25, 0.3) is 0 Å². The summed E-state index contributed by atoms with van der Waals surface area (Å²) in [7, 11) is 0. The minimum absolute atomic E-state index is 0.308. The molecule has 164 valence electrons. The number of rotatable bonds is 5. The smallest absolute Gasteiger partial charge is 0.155 e. The van der Waals surface area contributed by atoms with Crippen LogP contribution >= 0.6 is 0 Å². The highest BCUT2D eigenvalue weighted by atomic mass is 16.1. The first kappa shape index (κ1) is 21.6. The maximum atomic E-state index is 12.1. The van der Waals surface area contributed by atoms with E-state index in [0.29, 0.717) is 22.0 Å². The number of hydrogen-bond donors (Lipinski definition) is 0. The molecule has 4 rings (SSSR count). The summed E-state index contributed by atoms with van der Waals surface area (Å²) in [6.45, 7) is 15.2. The molecule has 4 aliphatic carbocycles. The van der Waals surface area contributed by atoms with Gasteiger partial charge in [0.15, 0.2) is 5.78 Å². The quantitative estimate of drug-likeness (QED) is 0.458. The minimum Gasteiger partial charge on any atom is -0.295 e. The average Bonchev–Trinajstić information content (AvgIpc) is 2.93. The Morgan fingerprint density at radius 1 is 0.897 bits per heavy atom. The molecule has 0 aliphatic heterocycles. The molecule has 0 aromatic heterocycles. The van der Waals surface area contributed by atoms with E-state index in [2.05, 4.69) is 47.6 Å². The zero-order valence-electron chi connectivity index (χ0n) is 20.2. The van der Waals surface area contributed by atoms with Crippen LogP contribution in [0.1, 0.15) is 112 Å². The molecule has 0 bridgehead atoms. The predicted octanol–water partition coefficient (Wildman–Crippen LogP) is 7.99. The Labute approximate surface area is 180 Å². The summed E-state index contributed by atoms with van der Waals surface area (Å²) in [6.07, 6.45) is 16.4. The number of carbonyl (C=O) groups is 1. The Balaban J connectivity index is 1.55. The Morgan fingerprint density at radius 2 is 1.62 bits per heavy atom. The Morgan fingerprint density at radius 3 is 2.34 bits per heavy atom. The molecule has 0 unspecified atom stereocenters. The number of fused-ring (bicyclic) bond motifs is 5. The van der Waals surface area contributed by atoms with Crippen molar-refractivity contribution in [3.8, 4) is 0 Å². The van der Waals surface area contributed by atoms with Crippen LogP contribution in [-0.2, 0) is 4.79 Å². The molecular weight excluding hydrogens is 352 g/mol. The second-order valence-electron chi connectivity index (χ2n) is 12.6. The lowest BCUT2D eigenvalue weighted by Gasteiger charge is -2.63. The van der Waals surface area contributed by atoms with Crippen molar-refractivity contribution in [3.63, 3.8) is 0 Å². The van der Waals surface area contributed by atoms with Crippen molar-refractivity contribution in [2.45, 2.75) is 112 Å². The largest absolute Gasteiger partial charge is 0.295 e. The second kappa shape index (κ2) is 7.52. The van der Waals surface area contributed by atoms with Gasteiger partial charge in [0, 0.05) is 6.42 Å². The number of ketones is 1. The van der Waals surface area contributed by atoms with Crippen molar-refractivity contribution in [1.82, 2.24) is 0 Å². The van der Waals surface area contributed by atoms with Crippen molar-refractivity contribution in [2.75, 3.05) is 0 Å². The number of hydrogen-bond acceptors (Lipinski definition) is 1. The lowest BCUT2D eigenvalue weighted by molar-refractivity contribution is -0.126. The summed E-state index contributed by atoms with van der Waals surface area (Å²) in [5.41, 5.74) is 2.84. The summed E-state index contributed by atoms with van der Waals surface area (Å²) >= 11 is 0. The van der Waals surface area contributed by atoms with Gasteiger partial charge in [-0.05, 0) is 96.9 Å². The van der Waals surface area contributed by atoms with Crippen molar-refractivity contribution in [3.05, 3.63) is 11.6 Å². The normalized spacial score (nSPS) is 45.4. The van der Waals surface area contributed by atoms with Gasteiger partial charge >= 0.3 is 0 Å². The van der Waals surface area contributed by atoms with Gasteiger partial charge < -0.3 is 0 Å². The molecule has 3 saturated carbocycles. The van der Waals surface area contributed by atoms with E-state index >= 15 is 0 Å². The van der Waals surface area contributed by atoms with Gasteiger partial charge in [-0.1, -0.05) is 66.4 Å². The molecule has 0 heterocycles. The lowest BCUT2D eigenvalue weighted by Crippen LogP contribution is -2.55. The lowest BCUT2D eigenvalue weighted by atomic mass is 9.41. The molecule has 4 aliphatic rings. The van der Waals surface area contributed by atoms with E-state index in [1.807, 2.05) is 0 Å². The van der Waals surface area contributed by atoms with Gasteiger partial charge in [0.2, 0.25) is 0 Å². The van der Waals surface area contributed by atoms with Gasteiger partial charge in [-0.2, -0.15) is 0 Å². The fourth-order valence-electron chi connectivity index (χ4n) is 8.97. The molecule has 1 heteroatoms. The molecule has 7 atom stereocenters. The van der Waals surface area contributed by atoms with Crippen LogP contribution in [0, 0.1) is 45.8 Å². The maximum absolute atomic E-state index is 12.1. The van der Waals surface area contributed by atoms with E-state index in [0.717, 1.165) is 42.4 Å². The Kier molecular flexibility index (Phi) is 5.61. The van der Waals surface area contributed by atoms with Crippen LogP contribution in [0.15, 0.2) is 11.6 Å². The number of carbonyl (C=O) groups excluding carboxylic acids is 1. The first-order valence-electron chi connectivity index (χ1n) is 12.9. The monoisotopic (exact) mass is 398 g/mol. The van der Waals surface area contributed by atoms with Crippen LogP contribution in [-0.4, -0.2) is 5.78 Å². The van der Waals surface area contributed by atoms with Crippen LogP contribution in [0.5, 0.6) is 0 Å². The first-order valence-corrected chi connectivity index (χ1v) is 12.9. The summed E-state index contributed by atoms with van der Waals surface area (Å²) in [5, 5.41) is 0. The third kappa shape index (κ3) is 3.28. The van der Waals surface area contributed by atoms with Gasteiger partial charge in [0.05, 0.1) is 0 Å². The van der Waals surface area contributed by atoms with Gasteiger partial charge in [-0.15, -0.1) is 0 Å². The predicted molar refractivity (Wildman–Crippen MR) is 123 cm³/mol. The zero-order chi connectivity index (χ0) is 21.0. The summed E-state index contributed by atoms with van der Waals surface area (Å²) in [6, 6.07) is 0. The first-order chi connectivity index (χ1) is 13.6.